The second-order valence-corrected chi connectivity index (χ2v) is 8.45. The zero-order valence-electron chi connectivity index (χ0n) is 20.9. The van der Waals surface area contributed by atoms with Gasteiger partial charge in [-0.05, 0) is 44.6 Å². The highest BCUT2D eigenvalue weighted by molar-refractivity contribution is 7.14. The summed E-state index contributed by atoms with van der Waals surface area (Å²) in [7, 11) is 0. The summed E-state index contributed by atoms with van der Waals surface area (Å²) in [6.07, 6.45) is 3.75. The van der Waals surface area contributed by atoms with Crippen molar-refractivity contribution < 1.29 is 15.6 Å². The van der Waals surface area contributed by atoms with E-state index in [0.717, 1.165) is 37.1 Å². The van der Waals surface area contributed by atoms with Crippen LogP contribution in [0, 0.1) is 18.8 Å². The lowest BCUT2D eigenvalue weighted by atomic mass is 9.95. The molecule has 1 amide bonds. The van der Waals surface area contributed by atoms with Gasteiger partial charge in [0.1, 0.15) is 0 Å². The SMILES string of the molecule is CC.CCC(C)C(O)CCC(C)C.CC[NH3+].Cc1cccc(-c2csc(NC=O)n2)c1. The summed E-state index contributed by atoms with van der Waals surface area (Å²) in [6, 6.07) is 8.11. The summed E-state index contributed by atoms with van der Waals surface area (Å²) in [6.45, 7) is 17.7. The lowest BCUT2D eigenvalue weighted by Crippen LogP contribution is -2.48. The van der Waals surface area contributed by atoms with Gasteiger partial charge < -0.3 is 16.2 Å². The van der Waals surface area contributed by atoms with Crippen molar-refractivity contribution in [3.05, 3.63) is 35.2 Å². The molecule has 0 saturated carbocycles. The van der Waals surface area contributed by atoms with Gasteiger partial charge >= 0.3 is 0 Å². The molecule has 1 heterocycles. The fourth-order valence-corrected chi connectivity index (χ4v) is 3.07. The van der Waals surface area contributed by atoms with E-state index in [-0.39, 0.29) is 6.10 Å². The van der Waals surface area contributed by atoms with Crippen LogP contribution in [0.15, 0.2) is 29.6 Å². The number of nitrogens with one attached hydrogen (secondary N) is 1. The Balaban J connectivity index is 0. The molecule has 178 valence electrons. The highest BCUT2D eigenvalue weighted by Crippen LogP contribution is 2.24. The molecule has 2 aromatic rings. The number of aromatic nitrogens is 1. The number of aliphatic hydroxyl groups excluding tert-OH is 1. The van der Waals surface area contributed by atoms with Crippen LogP contribution in [0.4, 0.5) is 5.13 Å². The first-order valence-corrected chi connectivity index (χ1v) is 12.4. The van der Waals surface area contributed by atoms with E-state index in [0.29, 0.717) is 23.4 Å². The number of anilines is 1. The Kier molecular flexibility index (Phi) is 20.4. The molecule has 0 fully saturated rings. The van der Waals surface area contributed by atoms with Crippen LogP contribution >= 0.6 is 11.3 Å². The molecular formula is C25H46N3O2S+. The fourth-order valence-electron chi connectivity index (χ4n) is 2.39. The van der Waals surface area contributed by atoms with Crippen molar-refractivity contribution in [2.24, 2.45) is 11.8 Å². The van der Waals surface area contributed by atoms with Crippen molar-refractivity contribution in [1.29, 1.82) is 0 Å². The zero-order chi connectivity index (χ0) is 24.2. The normalized spacial score (nSPS) is 11.6. The molecule has 2 rings (SSSR count). The van der Waals surface area contributed by atoms with Gasteiger partial charge in [-0.15, -0.1) is 11.3 Å². The molecule has 0 aliphatic heterocycles. The van der Waals surface area contributed by atoms with Crippen molar-refractivity contribution in [2.75, 3.05) is 11.9 Å². The quantitative estimate of drug-likeness (QED) is 0.443. The first-order chi connectivity index (χ1) is 14.8. The minimum atomic E-state index is -0.0811. The summed E-state index contributed by atoms with van der Waals surface area (Å²) in [5.74, 6) is 1.18. The molecular weight excluding hydrogens is 406 g/mol. The minimum absolute atomic E-state index is 0.0811. The van der Waals surface area contributed by atoms with Crippen molar-refractivity contribution in [3.63, 3.8) is 0 Å². The third kappa shape index (κ3) is 15.7. The zero-order valence-corrected chi connectivity index (χ0v) is 21.8. The van der Waals surface area contributed by atoms with Gasteiger partial charge in [0.05, 0.1) is 18.3 Å². The number of thiazole rings is 1. The highest BCUT2D eigenvalue weighted by Gasteiger charge is 2.11. The predicted octanol–water partition coefficient (Wildman–Crippen LogP) is 5.79. The van der Waals surface area contributed by atoms with Crippen LogP contribution in [-0.4, -0.2) is 29.1 Å². The standard InChI is InChI=1S/C11H10N2OS.C10H22O.C2H7N.C2H6/c1-8-3-2-4-9(5-8)10-6-15-11(13-10)12-7-14;1-5-9(4)10(11)7-6-8(2)3;1-2-3;1-2/h2-7H,1H3,(H,12,13,14);8-11H,5-7H2,1-4H3;2-3H2,1H3;1-2H3/p+1. The number of nitrogens with zero attached hydrogens (tertiary/aromatic N) is 1. The first kappa shape index (κ1) is 31.4. The molecule has 0 aliphatic rings. The number of quaternary nitrogens is 1. The molecule has 6 heteroatoms. The Bertz CT molecular complexity index is 674. The summed E-state index contributed by atoms with van der Waals surface area (Å²) in [4.78, 5) is 14.5. The van der Waals surface area contributed by atoms with Crippen LogP contribution in [-0.2, 0) is 4.79 Å². The lowest BCUT2D eigenvalue weighted by Gasteiger charge is -2.17. The van der Waals surface area contributed by atoms with E-state index in [1.54, 1.807) is 0 Å². The Morgan fingerprint density at radius 2 is 1.81 bits per heavy atom. The van der Waals surface area contributed by atoms with Gasteiger partial charge in [-0.2, -0.15) is 0 Å². The van der Waals surface area contributed by atoms with E-state index in [9.17, 15) is 9.90 Å². The fraction of sp³-hybridized carbons (Fsp3) is 0.600. The minimum Gasteiger partial charge on any atom is -0.393 e. The van der Waals surface area contributed by atoms with Gasteiger partial charge in [0, 0.05) is 10.9 Å². The van der Waals surface area contributed by atoms with E-state index in [1.165, 1.54) is 16.9 Å². The van der Waals surface area contributed by atoms with Gasteiger partial charge in [-0.3, -0.25) is 4.79 Å². The monoisotopic (exact) mass is 452 g/mol. The molecule has 0 spiro atoms. The topological polar surface area (TPSA) is 89.9 Å². The van der Waals surface area contributed by atoms with Crippen molar-refractivity contribution in [3.8, 4) is 11.3 Å². The second-order valence-electron chi connectivity index (χ2n) is 7.59. The summed E-state index contributed by atoms with van der Waals surface area (Å²) in [5.41, 5.74) is 6.66. The van der Waals surface area contributed by atoms with Crippen LogP contribution in [0.25, 0.3) is 11.3 Å². The van der Waals surface area contributed by atoms with Gasteiger partial charge in [0.2, 0.25) is 6.41 Å². The van der Waals surface area contributed by atoms with E-state index >= 15 is 0 Å². The van der Waals surface area contributed by atoms with Crippen LogP contribution < -0.4 is 11.1 Å². The summed E-state index contributed by atoms with van der Waals surface area (Å²) in [5, 5.41) is 14.7. The van der Waals surface area contributed by atoms with E-state index in [4.69, 9.17) is 0 Å². The smallest absolute Gasteiger partial charge is 0.213 e. The van der Waals surface area contributed by atoms with Crippen LogP contribution in [0.3, 0.4) is 0 Å². The van der Waals surface area contributed by atoms with Gasteiger partial charge in [0.15, 0.2) is 5.13 Å². The maximum Gasteiger partial charge on any atom is 0.213 e. The number of rotatable bonds is 8. The van der Waals surface area contributed by atoms with Crippen LogP contribution in [0.1, 0.15) is 73.3 Å². The largest absolute Gasteiger partial charge is 0.393 e. The highest BCUT2D eigenvalue weighted by atomic mass is 32.1. The number of hydrogen-bond acceptors (Lipinski definition) is 4. The molecule has 0 saturated heterocycles. The molecule has 0 aliphatic carbocycles. The number of aliphatic hydroxyl groups is 1. The Morgan fingerprint density at radius 3 is 2.29 bits per heavy atom. The Morgan fingerprint density at radius 1 is 1.19 bits per heavy atom. The van der Waals surface area contributed by atoms with Crippen molar-refractivity contribution in [2.45, 2.75) is 80.8 Å². The van der Waals surface area contributed by atoms with Crippen molar-refractivity contribution >= 4 is 22.9 Å². The second kappa shape index (κ2) is 20.2. The number of carbonyl (C=O) groups excluding carboxylic acids is 1. The first-order valence-electron chi connectivity index (χ1n) is 11.5. The third-order valence-corrected chi connectivity index (χ3v) is 5.11. The number of benzene rings is 1. The molecule has 2 atom stereocenters. The lowest BCUT2D eigenvalue weighted by molar-refractivity contribution is -0.361. The number of hydrogen-bond donors (Lipinski definition) is 3. The van der Waals surface area contributed by atoms with Gasteiger partial charge in [-0.1, -0.05) is 71.7 Å². The molecule has 0 radical (unpaired) electrons. The summed E-state index contributed by atoms with van der Waals surface area (Å²) >= 11 is 1.42. The Labute approximate surface area is 194 Å². The third-order valence-electron chi connectivity index (χ3n) is 4.34. The van der Waals surface area contributed by atoms with Crippen LogP contribution in [0.2, 0.25) is 0 Å². The molecule has 1 aromatic carbocycles. The number of amides is 1. The molecule has 5 N–H and O–H groups in total. The maximum atomic E-state index is 10.2. The van der Waals surface area contributed by atoms with Crippen LogP contribution in [0.5, 0.6) is 0 Å². The molecule has 0 bridgehead atoms. The summed E-state index contributed by atoms with van der Waals surface area (Å²) < 4.78 is 0. The number of carbonyl (C=O) groups is 1. The van der Waals surface area contributed by atoms with E-state index in [2.05, 4.69) is 49.8 Å². The molecule has 31 heavy (non-hydrogen) atoms. The van der Waals surface area contributed by atoms with E-state index in [1.807, 2.05) is 51.3 Å². The Hall–Kier alpha value is -1.76. The average Bonchev–Trinajstić information content (AvgIpc) is 3.23. The molecule has 5 nitrogen and oxygen atoms in total. The average molecular weight is 453 g/mol. The molecule has 1 aromatic heterocycles. The maximum absolute atomic E-state index is 10.2. The van der Waals surface area contributed by atoms with Gasteiger partial charge in [-0.25, -0.2) is 4.98 Å². The van der Waals surface area contributed by atoms with Gasteiger partial charge in [0.25, 0.3) is 0 Å². The number of aryl methyl sites for hydroxylation is 1. The van der Waals surface area contributed by atoms with E-state index < -0.39 is 0 Å². The van der Waals surface area contributed by atoms with Crippen molar-refractivity contribution in [1.82, 2.24) is 4.98 Å². The molecule has 2 unspecified atom stereocenters. The predicted molar refractivity (Wildman–Crippen MR) is 136 cm³/mol.